The lowest BCUT2D eigenvalue weighted by Crippen LogP contribution is -2.30. The smallest absolute Gasteiger partial charge is 0.102 e. The first-order valence-electron chi connectivity index (χ1n) is 6.69. The monoisotopic (exact) mass is 280 g/mol. The largest absolute Gasteiger partial charge is 0.271 e. The lowest BCUT2D eigenvalue weighted by atomic mass is 10.1. The molecule has 0 aliphatic carbocycles. The van der Waals surface area contributed by atoms with Gasteiger partial charge in [-0.1, -0.05) is 18.2 Å². The summed E-state index contributed by atoms with van der Waals surface area (Å²) in [5.74, 6) is 5.66. The van der Waals surface area contributed by atoms with E-state index < -0.39 is 0 Å². The third kappa shape index (κ3) is 3.13. The van der Waals surface area contributed by atoms with Crippen LogP contribution in [0.1, 0.15) is 17.3 Å². The van der Waals surface area contributed by atoms with Crippen molar-refractivity contribution in [3.63, 3.8) is 0 Å². The van der Waals surface area contributed by atoms with Gasteiger partial charge in [0.2, 0.25) is 0 Å². The fourth-order valence-electron chi connectivity index (χ4n) is 2.12. The summed E-state index contributed by atoms with van der Waals surface area (Å²) in [7, 11) is 0. The van der Waals surface area contributed by atoms with Crippen molar-refractivity contribution in [2.45, 2.75) is 12.5 Å². The highest BCUT2D eigenvalue weighted by atomic mass is 15.5. The maximum atomic E-state index is 5.66. The molecule has 0 aliphatic heterocycles. The molecule has 0 aliphatic rings. The highest BCUT2D eigenvalue weighted by Crippen LogP contribution is 2.15. The van der Waals surface area contributed by atoms with Crippen molar-refractivity contribution in [3.8, 4) is 5.69 Å². The molecule has 6 nitrogen and oxygen atoms in total. The third-order valence-electron chi connectivity index (χ3n) is 3.24. The number of para-hydroxylation sites is 1. The first-order valence-corrected chi connectivity index (χ1v) is 6.69. The molecule has 0 spiro atoms. The molecule has 106 valence electrons. The van der Waals surface area contributed by atoms with Crippen LogP contribution < -0.4 is 11.3 Å². The second-order valence-corrected chi connectivity index (χ2v) is 4.67. The van der Waals surface area contributed by atoms with Gasteiger partial charge in [0.15, 0.2) is 0 Å². The minimum absolute atomic E-state index is 0.0927. The Kier molecular flexibility index (Phi) is 3.99. The summed E-state index contributed by atoms with van der Waals surface area (Å²) in [6, 6.07) is 13.6. The molecule has 1 unspecified atom stereocenters. The van der Waals surface area contributed by atoms with Gasteiger partial charge >= 0.3 is 0 Å². The molecule has 3 N–H and O–H groups in total. The molecule has 3 rings (SSSR count). The van der Waals surface area contributed by atoms with Gasteiger partial charge in [0, 0.05) is 12.4 Å². The van der Waals surface area contributed by atoms with Gasteiger partial charge in [-0.3, -0.25) is 16.3 Å². The molecule has 21 heavy (non-hydrogen) atoms. The minimum atomic E-state index is -0.0927. The van der Waals surface area contributed by atoms with Crippen molar-refractivity contribution >= 4 is 0 Å². The van der Waals surface area contributed by atoms with Crippen molar-refractivity contribution in [2.75, 3.05) is 0 Å². The van der Waals surface area contributed by atoms with E-state index in [1.165, 1.54) is 0 Å². The van der Waals surface area contributed by atoms with Crippen LogP contribution in [-0.4, -0.2) is 20.0 Å². The summed E-state index contributed by atoms with van der Waals surface area (Å²) in [6.07, 6.45) is 6.00. The van der Waals surface area contributed by atoms with E-state index in [4.69, 9.17) is 5.84 Å². The predicted octanol–water partition coefficient (Wildman–Crippen LogP) is 1.41. The molecule has 0 fully saturated rings. The molecule has 1 atom stereocenters. The Morgan fingerprint density at radius 1 is 1.10 bits per heavy atom. The Balaban J connectivity index is 1.81. The zero-order valence-corrected chi connectivity index (χ0v) is 11.4. The third-order valence-corrected chi connectivity index (χ3v) is 3.24. The number of rotatable bonds is 5. The fraction of sp³-hybridized carbons (Fsp3) is 0.133. The number of hydrogen-bond acceptors (Lipinski definition) is 5. The summed E-state index contributed by atoms with van der Waals surface area (Å²) < 4.78 is 0. The van der Waals surface area contributed by atoms with E-state index in [1.807, 2.05) is 42.5 Å². The van der Waals surface area contributed by atoms with Gasteiger partial charge in [-0.2, -0.15) is 15.0 Å². The van der Waals surface area contributed by atoms with Gasteiger partial charge in [-0.25, -0.2) is 0 Å². The van der Waals surface area contributed by atoms with E-state index in [-0.39, 0.29) is 6.04 Å². The van der Waals surface area contributed by atoms with Crippen LogP contribution in [0.4, 0.5) is 0 Å². The zero-order chi connectivity index (χ0) is 14.5. The molecule has 2 heterocycles. The molecule has 0 radical (unpaired) electrons. The van der Waals surface area contributed by atoms with Crippen molar-refractivity contribution in [1.29, 1.82) is 0 Å². The summed E-state index contributed by atoms with van der Waals surface area (Å²) in [6.45, 7) is 0. The second-order valence-electron chi connectivity index (χ2n) is 4.67. The van der Waals surface area contributed by atoms with Crippen LogP contribution in [0, 0.1) is 0 Å². The second kappa shape index (κ2) is 6.25. The van der Waals surface area contributed by atoms with Crippen molar-refractivity contribution in [1.82, 2.24) is 25.4 Å². The molecule has 0 saturated carbocycles. The predicted molar refractivity (Wildman–Crippen MR) is 79.4 cm³/mol. The van der Waals surface area contributed by atoms with E-state index in [1.54, 1.807) is 23.4 Å². The Bertz CT molecular complexity index is 680. The number of hydrogen-bond donors (Lipinski definition) is 2. The first-order chi connectivity index (χ1) is 10.4. The average Bonchev–Trinajstić information content (AvgIpc) is 3.04. The number of hydrazine groups is 1. The first kappa shape index (κ1) is 13.4. The number of benzene rings is 1. The standard InChI is InChI=1S/C15H16N6/c16-19-14(10-12-6-8-17-9-7-12)15-11-18-21(20-15)13-4-2-1-3-5-13/h1-9,11,14,19H,10,16H2. The van der Waals surface area contributed by atoms with Gasteiger partial charge < -0.3 is 0 Å². The molecule has 2 aromatic heterocycles. The van der Waals surface area contributed by atoms with Crippen LogP contribution in [-0.2, 0) is 6.42 Å². The number of pyridine rings is 1. The summed E-state index contributed by atoms with van der Waals surface area (Å²) in [5.41, 5.74) is 5.66. The molecule has 3 aromatic rings. The topological polar surface area (TPSA) is 81.6 Å². The van der Waals surface area contributed by atoms with Crippen LogP contribution in [0.25, 0.3) is 5.69 Å². The number of nitrogens with two attached hydrogens (primary N) is 1. The summed E-state index contributed by atoms with van der Waals surface area (Å²) in [5, 5.41) is 8.79. The SMILES string of the molecule is NNC(Cc1ccncc1)c1cnn(-c2ccccc2)n1. The van der Waals surface area contributed by atoms with E-state index in [0.717, 1.165) is 23.4 Å². The molecular formula is C15H16N6. The molecule has 0 saturated heterocycles. The van der Waals surface area contributed by atoms with Crippen LogP contribution in [0.5, 0.6) is 0 Å². The van der Waals surface area contributed by atoms with E-state index in [2.05, 4.69) is 20.6 Å². The fourth-order valence-corrected chi connectivity index (χ4v) is 2.12. The molecule has 0 bridgehead atoms. The van der Waals surface area contributed by atoms with Gasteiger partial charge in [-0.15, -0.1) is 0 Å². The number of nitrogens with zero attached hydrogens (tertiary/aromatic N) is 4. The quantitative estimate of drug-likeness (QED) is 0.545. The van der Waals surface area contributed by atoms with Gasteiger partial charge in [0.05, 0.1) is 17.9 Å². The maximum Gasteiger partial charge on any atom is 0.102 e. The molecule has 0 amide bonds. The van der Waals surface area contributed by atoms with Crippen molar-refractivity contribution in [3.05, 3.63) is 72.3 Å². The molecular weight excluding hydrogens is 264 g/mol. The van der Waals surface area contributed by atoms with Crippen LogP contribution in [0.15, 0.2) is 61.1 Å². The highest BCUT2D eigenvalue weighted by molar-refractivity contribution is 5.28. The number of aromatic nitrogens is 4. The molecule has 1 aromatic carbocycles. The average molecular weight is 280 g/mol. The van der Waals surface area contributed by atoms with Gasteiger partial charge in [0.25, 0.3) is 0 Å². The normalized spacial score (nSPS) is 12.2. The Morgan fingerprint density at radius 2 is 1.86 bits per heavy atom. The highest BCUT2D eigenvalue weighted by Gasteiger charge is 2.15. The maximum absolute atomic E-state index is 5.66. The van der Waals surface area contributed by atoms with E-state index in [0.29, 0.717) is 0 Å². The Labute approximate surface area is 122 Å². The van der Waals surface area contributed by atoms with Gasteiger partial charge in [-0.05, 0) is 36.2 Å². The van der Waals surface area contributed by atoms with Crippen molar-refractivity contribution in [2.24, 2.45) is 5.84 Å². The lowest BCUT2D eigenvalue weighted by Gasteiger charge is -2.12. The van der Waals surface area contributed by atoms with Crippen LogP contribution in [0.2, 0.25) is 0 Å². The lowest BCUT2D eigenvalue weighted by molar-refractivity contribution is 0.532. The Morgan fingerprint density at radius 3 is 2.57 bits per heavy atom. The summed E-state index contributed by atoms with van der Waals surface area (Å²) >= 11 is 0. The van der Waals surface area contributed by atoms with Crippen LogP contribution in [0.3, 0.4) is 0 Å². The van der Waals surface area contributed by atoms with Gasteiger partial charge in [0.1, 0.15) is 5.69 Å². The molecule has 6 heteroatoms. The summed E-state index contributed by atoms with van der Waals surface area (Å²) in [4.78, 5) is 5.61. The number of nitrogens with one attached hydrogen (secondary N) is 1. The van der Waals surface area contributed by atoms with E-state index in [9.17, 15) is 0 Å². The Hall–Kier alpha value is -2.57. The zero-order valence-electron chi connectivity index (χ0n) is 11.4. The van der Waals surface area contributed by atoms with Crippen LogP contribution >= 0.6 is 0 Å². The minimum Gasteiger partial charge on any atom is -0.271 e. The van der Waals surface area contributed by atoms with Crippen molar-refractivity contribution < 1.29 is 0 Å². The van der Waals surface area contributed by atoms with E-state index >= 15 is 0 Å².